The second kappa shape index (κ2) is 7.91. The molecule has 6 nitrogen and oxygen atoms in total. The fourth-order valence-corrected chi connectivity index (χ4v) is 2.15. The standard InChI is InChI=1S/C12H14Cl2N2O4/c1-20-12(17)9-2-3-10(11(8-9)16(18)19)15(6-4-13)7-5-14/h2-3,8H,4-7H2,1H3. The third-order valence-corrected chi connectivity index (χ3v) is 2.98. The van der Waals surface area contributed by atoms with Crippen molar-refractivity contribution in [2.75, 3.05) is 36.9 Å². The van der Waals surface area contributed by atoms with Crippen LogP contribution in [0.15, 0.2) is 18.2 Å². The minimum Gasteiger partial charge on any atom is -0.465 e. The molecular weight excluding hydrogens is 307 g/mol. The van der Waals surface area contributed by atoms with Crippen molar-refractivity contribution in [1.29, 1.82) is 0 Å². The van der Waals surface area contributed by atoms with E-state index in [2.05, 4.69) is 4.74 Å². The summed E-state index contributed by atoms with van der Waals surface area (Å²) in [6.45, 7) is 0.847. The molecule has 0 fully saturated rings. The Morgan fingerprint density at radius 2 is 1.95 bits per heavy atom. The van der Waals surface area contributed by atoms with Gasteiger partial charge in [0.25, 0.3) is 5.69 Å². The molecule has 0 radical (unpaired) electrons. The van der Waals surface area contributed by atoms with Crippen LogP contribution in [0.25, 0.3) is 0 Å². The third-order valence-electron chi connectivity index (χ3n) is 2.64. The number of hydrogen-bond donors (Lipinski definition) is 0. The Bertz CT molecular complexity index is 490. The highest BCUT2D eigenvalue weighted by Crippen LogP contribution is 2.29. The fraction of sp³-hybridized carbons (Fsp3) is 0.417. The molecule has 0 bridgehead atoms. The van der Waals surface area contributed by atoms with Crippen LogP contribution in [-0.4, -0.2) is 42.9 Å². The SMILES string of the molecule is COC(=O)c1ccc(N(CCCl)CCCl)c([N+](=O)[O-])c1. The van der Waals surface area contributed by atoms with Gasteiger partial charge in [0.2, 0.25) is 0 Å². The number of esters is 1. The number of nitro benzene ring substituents is 1. The number of ether oxygens (including phenoxy) is 1. The average Bonchev–Trinajstić information content (AvgIpc) is 2.45. The quantitative estimate of drug-likeness (QED) is 0.334. The van der Waals surface area contributed by atoms with Gasteiger partial charge in [-0.15, -0.1) is 23.2 Å². The molecule has 110 valence electrons. The number of benzene rings is 1. The smallest absolute Gasteiger partial charge is 0.338 e. The van der Waals surface area contributed by atoms with Crippen molar-refractivity contribution in [3.63, 3.8) is 0 Å². The molecule has 0 aliphatic heterocycles. The van der Waals surface area contributed by atoms with Crippen LogP contribution >= 0.6 is 23.2 Å². The normalized spacial score (nSPS) is 10.2. The molecule has 0 heterocycles. The molecule has 1 aromatic rings. The zero-order chi connectivity index (χ0) is 15.1. The first-order valence-electron chi connectivity index (χ1n) is 5.78. The topological polar surface area (TPSA) is 72.7 Å². The molecule has 0 aliphatic carbocycles. The molecule has 0 saturated carbocycles. The third kappa shape index (κ3) is 3.98. The van der Waals surface area contributed by atoms with Crippen LogP contribution in [0.5, 0.6) is 0 Å². The van der Waals surface area contributed by atoms with E-state index in [-0.39, 0.29) is 11.3 Å². The van der Waals surface area contributed by atoms with Gasteiger partial charge in [0.1, 0.15) is 5.69 Å². The summed E-state index contributed by atoms with van der Waals surface area (Å²) in [4.78, 5) is 23.7. The van der Waals surface area contributed by atoms with Gasteiger partial charge in [-0.25, -0.2) is 4.79 Å². The van der Waals surface area contributed by atoms with Gasteiger partial charge in [-0.2, -0.15) is 0 Å². The monoisotopic (exact) mass is 320 g/mol. The molecule has 0 amide bonds. The van der Waals surface area contributed by atoms with Gasteiger partial charge in [-0.05, 0) is 12.1 Å². The Morgan fingerprint density at radius 1 is 1.35 bits per heavy atom. The maximum absolute atomic E-state index is 11.4. The van der Waals surface area contributed by atoms with Crippen LogP contribution in [0.2, 0.25) is 0 Å². The molecule has 0 spiro atoms. The van der Waals surface area contributed by atoms with E-state index in [0.717, 1.165) is 0 Å². The van der Waals surface area contributed by atoms with Crippen molar-refractivity contribution in [3.8, 4) is 0 Å². The summed E-state index contributed by atoms with van der Waals surface area (Å²) in [5, 5.41) is 11.2. The average molecular weight is 321 g/mol. The van der Waals surface area contributed by atoms with Crippen LogP contribution < -0.4 is 4.90 Å². The van der Waals surface area contributed by atoms with Crippen LogP contribution in [0.3, 0.4) is 0 Å². The van der Waals surface area contributed by atoms with Crippen molar-refractivity contribution in [3.05, 3.63) is 33.9 Å². The van der Waals surface area contributed by atoms with Crippen molar-refractivity contribution in [2.24, 2.45) is 0 Å². The van der Waals surface area contributed by atoms with E-state index in [0.29, 0.717) is 30.5 Å². The number of carbonyl (C=O) groups excluding carboxylic acids is 1. The van der Waals surface area contributed by atoms with Gasteiger partial charge in [0, 0.05) is 30.9 Å². The summed E-state index contributed by atoms with van der Waals surface area (Å²) in [6, 6.07) is 4.17. The maximum Gasteiger partial charge on any atom is 0.338 e. The minimum atomic E-state index is -0.624. The first kappa shape index (κ1) is 16.5. The van der Waals surface area contributed by atoms with E-state index in [1.165, 1.54) is 25.3 Å². The number of rotatable bonds is 7. The summed E-state index contributed by atoms with van der Waals surface area (Å²) in [6.07, 6.45) is 0. The molecule has 8 heteroatoms. The molecule has 1 aromatic carbocycles. The number of anilines is 1. The molecule has 0 unspecified atom stereocenters. The molecule has 20 heavy (non-hydrogen) atoms. The van der Waals surface area contributed by atoms with Crippen molar-refractivity contribution in [1.82, 2.24) is 0 Å². The maximum atomic E-state index is 11.4. The lowest BCUT2D eigenvalue weighted by Gasteiger charge is -2.22. The van der Waals surface area contributed by atoms with Crippen molar-refractivity contribution >= 4 is 40.5 Å². The number of alkyl halides is 2. The van der Waals surface area contributed by atoms with Crippen LogP contribution in [0, 0.1) is 10.1 Å². The molecule has 0 saturated heterocycles. The molecular formula is C12H14Cl2N2O4. The summed E-state index contributed by atoms with van der Waals surface area (Å²) >= 11 is 11.4. The predicted octanol–water partition coefficient (Wildman–Crippen LogP) is 2.67. The highest BCUT2D eigenvalue weighted by atomic mass is 35.5. The van der Waals surface area contributed by atoms with Crippen LogP contribution in [0.4, 0.5) is 11.4 Å². The van der Waals surface area contributed by atoms with Gasteiger partial charge in [0.15, 0.2) is 0 Å². The zero-order valence-electron chi connectivity index (χ0n) is 10.8. The van der Waals surface area contributed by atoms with Gasteiger partial charge in [-0.1, -0.05) is 0 Å². The molecule has 0 aromatic heterocycles. The lowest BCUT2D eigenvalue weighted by atomic mass is 10.1. The van der Waals surface area contributed by atoms with Crippen molar-refractivity contribution < 1.29 is 14.5 Å². The number of halogens is 2. The van der Waals surface area contributed by atoms with Crippen molar-refractivity contribution in [2.45, 2.75) is 0 Å². The van der Waals surface area contributed by atoms with E-state index < -0.39 is 10.9 Å². The number of carbonyl (C=O) groups is 1. The van der Waals surface area contributed by atoms with Crippen LogP contribution in [-0.2, 0) is 4.74 Å². The highest BCUT2D eigenvalue weighted by molar-refractivity contribution is 6.18. The Kier molecular flexibility index (Phi) is 6.54. The number of methoxy groups -OCH3 is 1. The fourth-order valence-electron chi connectivity index (χ4n) is 1.74. The summed E-state index contributed by atoms with van der Waals surface area (Å²) in [5.41, 5.74) is 0.326. The van der Waals surface area contributed by atoms with Gasteiger partial charge in [-0.3, -0.25) is 10.1 Å². The number of nitrogens with zero attached hydrogens (tertiary/aromatic N) is 2. The van der Waals surface area contributed by atoms with Gasteiger partial charge < -0.3 is 9.64 Å². The lowest BCUT2D eigenvalue weighted by molar-refractivity contribution is -0.384. The molecule has 0 N–H and O–H groups in total. The van der Waals surface area contributed by atoms with E-state index >= 15 is 0 Å². The van der Waals surface area contributed by atoms with Crippen LogP contribution in [0.1, 0.15) is 10.4 Å². The van der Waals surface area contributed by atoms with E-state index in [4.69, 9.17) is 23.2 Å². The molecule has 0 atom stereocenters. The highest BCUT2D eigenvalue weighted by Gasteiger charge is 2.21. The first-order valence-corrected chi connectivity index (χ1v) is 6.85. The zero-order valence-corrected chi connectivity index (χ0v) is 12.4. The second-order valence-electron chi connectivity index (χ2n) is 3.82. The van der Waals surface area contributed by atoms with E-state index in [9.17, 15) is 14.9 Å². The number of hydrogen-bond acceptors (Lipinski definition) is 5. The van der Waals surface area contributed by atoms with E-state index in [1.807, 2.05) is 0 Å². The minimum absolute atomic E-state index is 0.125. The second-order valence-corrected chi connectivity index (χ2v) is 4.57. The van der Waals surface area contributed by atoms with E-state index in [1.54, 1.807) is 4.90 Å². The first-order chi connectivity index (χ1) is 9.54. The lowest BCUT2D eigenvalue weighted by Crippen LogP contribution is -2.28. The largest absolute Gasteiger partial charge is 0.465 e. The summed E-state index contributed by atoms with van der Waals surface area (Å²) in [5.74, 6) is 0.000417. The Morgan fingerprint density at radius 3 is 2.40 bits per heavy atom. The summed E-state index contributed by atoms with van der Waals surface area (Å²) < 4.78 is 4.55. The molecule has 1 rings (SSSR count). The number of nitro groups is 1. The Hall–Kier alpha value is -1.53. The summed E-state index contributed by atoms with van der Waals surface area (Å²) in [7, 11) is 1.22. The Labute approximate surface area is 126 Å². The van der Waals surface area contributed by atoms with Gasteiger partial charge in [0.05, 0.1) is 17.6 Å². The van der Waals surface area contributed by atoms with Gasteiger partial charge >= 0.3 is 5.97 Å². The Balaban J connectivity index is 3.24. The predicted molar refractivity (Wildman–Crippen MR) is 78.1 cm³/mol. The molecule has 0 aliphatic rings.